The molecule has 0 bridgehead atoms. The zero-order chi connectivity index (χ0) is 20.2. The molecular formula is C23H18N2O4. The average Bonchev–Trinajstić information content (AvgIpc) is 2.75. The van der Waals surface area contributed by atoms with Gasteiger partial charge in [-0.05, 0) is 55.5 Å². The topological polar surface area (TPSA) is 81.4 Å². The minimum Gasteiger partial charge on any atom is -0.494 e. The Balaban J connectivity index is 1.67. The highest BCUT2D eigenvalue weighted by Crippen LogP contribution is 2.26. The van der Waals surface area contributed by atoms with Gasteiger partial charge in [0.05, 0.1) is 17.6 Å². The van der Waals surface area contributed by atoms with Crippen LogP contribution in [0.25, 0.3) is 22.3 Å². The lowest BCUT2D eigenvalue weighted by atomic mass is 10.1. The number of carbonyl (C=O) groups is 1. The number of aromatic nitrogens is 1. The minimum atomic E-state index is -0.289. The largest absolute Gasteiger partial charge is 0.494 e. The van der Waals surface area contributed by atoms with Crippen molar-refractivity contribution in [1.29, 1.82) is 0 Å². The van der Waals surface area contributed by atoms with Crippen molar-refractivity contribution in [3.8, 4) is 17.1 Å². The Kier molecular flexibility index (Phi) is 5.07. The summed E-state index contributed by atoms with van der Waals surface area (Å²) in [5, 5.41) is 3.24. The molecule has 29 heavy (non-hydrogen) atoms. The molecule has 0 unspecified atom stereocenters. The molecule has 1 N–H and O–H groups in total. The van der Waals surface area contributed by atoms with Crippen molar-refractivity contribution in [2.45, 2.75) is 6.92 Å². The molecule has 0 aliphatic rings. The molecule has 0 aliphatic heterocycles. The summed E-state index contributed by atoms with van der Waals surface area (Å²) < 4.78 is 11.4. The number of amides is 1. The first-order chi connectivity index (χ1) is 14.1. The van der Waals surface area contributed by atoms with E-state index in [-0.39, 0.29) is 11.3 Å². The Morgan fingerprint density at radius 3 is 2.66 bits per heavy atom. The Labute approximate surface area is 166 Å². The lowest BCUT2D eigenvalue weighted by Gasteiger charge is -2.08. The van der Waals surface area contributed by atoms with Gasteiger partial charge in [0, 0.05) is 35.8 Å². The van der Waals surface area contributed by atoms with Crippen molar-refractivity contribution in [3.05, 3.63) is 88.8 Å². The van der Waals surface area contributed by atoms with Crippen LogP contribution in [0.4, 0.5) is 5.69 Å². The third-order valence-electron chi connectivity index (χ3n) is 4.36. The van der Waals surface area contributed by atoms with Crippen LogP contribution >= 0.6 is 0 Å². The van der Waals surface area contributed by atoms with Crippen LogP contribution in [0.2, 0.25) is 0 Å². The van der Waals surface area contributed by atoms with Crippen LogP contribution < -0.4 is 15.5 Å². The molecule has 2 aromatic carbocycles. The number of hydrogen-bond donors (Lipinski definition) is 1. The van der Waals surface area contributed by atoms with Crippen molar-refractivity contribution < 1.29 is 13.9 Å². The van der Waals surface area contributed by atoms with Gasteiger partial charge in [0.25, 0.3) is 5.91 Å². The lowest BCUT2D eigenvalue weighted by Crippen LogP contribution is -2.12. The van der Waals surface area contributed by atoms with Gasteiger partial charge in [-0.3, -0.25) is 14.6 Å². The van der Waals surface area contributed by atoms with Gasteiger partial charge < -0.3 is 14.5 Å². The SMILES string of the molecule is CCOc1ccc(-c2cc(=O)c3ccc(NC(=O)c4cccnc4)cc3o2)cc1. The van der Waals surface area contributed by atoms with Gasteiger partial charge in [0.15, 0.2) is 5.43 Å². The molecule has 0 saturated heterocycles. The first-order valence-electron chi connectivity index (χ1n) is 9.16. The number of ether oxygens (including phenoxy) is 1. The van der Waals surface area contributed by atoms with Crippen LogP contribution in [0.1, 0.15) is 17.3 Å². The Hall–Kier alpha value is -3.93. The molecule has 0 aliphatic carbocycles. The summed E-state index contributed by atoms with van der Waals surface area (Å²) in [4.78, 5) is 28.8. The summed E-state index contributed by atoms with van der Waals surface area (Å²) in [6, 6.07) is 17.1. The van der Waals surface area contributed by atoms with E-state index in [1.807, 2.05) is 31.2 Å². The maximum atomic E-state index is 12.5. The molecule has 6 heteroatoms. The van der Waals surface area contributed by atoms with E-state index in [2.05, 4.69) is 10.3 Å². The monoisotopic (exact) mass is 386 g/mol. The fourth-order valence-corrected chi connectivity index (χ4v) is 2.96. The fourth-order valence-electron chi connectivity index (χ4n) is 2.96. The van der Waals surface area contributed by atoms with Gasteiger partial charge in [-0.2, -0.15) is 0 Å². The summed E-state index contributed by atoms with van der Waals surface area (Å²) >= 11 is 0. The maximum Gasteiger partial charge on any atom is 0.257 e. The number of rotatable bonds is 5. The van der Waals surface area contributed by atoms with Crippen LogP contribution in [-0.2, 0) is 0 Å². The molecular weight excluding hydrogens is 368 g/mol. The molecule has 2 aromatic heterocycles. The minimum absolute atomic E-state index is 0.153. The zero-order valence-corrected chi connectivity index (χ0v) is 15.7. The first kappa shape index (κ1) is 18.4. The van der Waals surface area contributed by atoms with Crippen LogP contribution in [0, 0.1) is 0 Å². The van der Waals surface area contributed by atoms with E-state index in [1.165, 1.54) is 12.3 Å². The normalized spacial score (nSPS) is 10.7. The van der Waals surface area contributed by atoms with Crippen molar-refractivity contribution in [1.82, 2.24) is 4.98 Å². The van der Waals surface area contributed by atoms with Gasteiger partial charge in [0.1, 0.15) is 17.1 Å². The number of nitrogens with one attached hydrogen (secondary N) is 1. The van der Waals surface area contributed by atoms with Crippen LogP contribution in [0.15, 0.2) is 82.3 Å². The van der Waals surface area contributed by atoms with Crippen molar-refractivity contribution in [2.24, 2.45) is 0 Å². The van der Waals surface area contributed by atoms with E-state index in [1.54, 1.807) is 36.5 Å². The number of nitrogens with zero attached hydrogens (tertiary/aromatic N) is 1. The molecule has 0 spiro atoms. The molecule has 1 amide bonds. The average molecular weight is 386 g/mol. The van der Waals surface area contributed by atoms with Gasteiger partial charge >= 0.3 is 0 Å². The lowest BCUT2D eigenvalue weighted by molar-refractivity contribution is 0.102. The first-order valence-corrected chi connectivity index (χ1v) is 9.16. The number of hydrogen-bond acceptors (Lipinski definition) is 5. The smallest absolute Gasteiger partial charge is 0.257 e. The highest BCUT2D eigenvalue weighted by molar-refractivity contribution is 6.04. The molecule has 2 heterocycles. The van der Waals surface area contributed by atoms with Crippen molar-refractivity contribution in [3.63, 3.8) is 0 Å². The summed E-state index contributed by atoms with van der Waals surface area (Å²) in [6.07, 6.45) is 3.09. The zero-order valence-electron chi connectivity index (χ0n) is 15.7. The molecule has 144 valence electrons. The highest BCUT2D eigenvalue weighted by atomic mass is 16.5. The molecule has 0 saturated carbocycles. The predicted molar refractivity (Wildman–Crippen MR) is 111 cm³/mol. The van der Waals surface area contributed by atoms with Crippen LogP contribution in [0.3, 0.4) is 0 Å². The fraction of sp³-hybridized carbons (Fsp3) is 0.0870. The van der Waals surface area contributed by atoms with Gasteiger partial charge in [-0.1, -0.05) is 0 Å². The molecule has 6 nitrogen and oxygen atoms in total. The second-order valence-corrected chi connectivity index (χ2v) is 6.34. The molecule has 0 atom stereocenters. The van der Waals surface area contributed by atoms with Crippen LogP contribution in [-0.4, -0.2) is 17.5 Å². The molecule has 4 rings (SSSR count). The molecule has 0 fully saturated rings. The Morgan fingerprint density at radius 1 is 1.10 bits per heavy atom. The summed E-state index contributed by atoms with van der Waals surface area (Å²) in [5.74, 6) is 0.906. The van der Waals surface area contributed by atoms with Gasteiger partial charge in [-0.15, -0.1) is 0 Å². The summed E-state index contributed by atoms with van der Waals surface area (Å²) in [5.41, 5.74) is 1.97. The quantitative estimate of drug-likeness (QED) is 0.546. The summed E-state index contributed by atoms with van der Waals surface area (Å²) in [7, 11) is 0. The van der Waals surface area contributed by atoms with E-state index in [9.17, 15) is 9.59 Å². The Bertz CT molecular complexity index is 1220. The molecule has 4 aromatic rings. The molecule has 0 radical (unpaired) electrons. The van der Waals surface area contributed by atoms with E-state index >= 15 is 0 Å². The van der Waals surface area contributed by atoms with Crippen LogP contribution in [0.5, 0.6) is 5.75 Å². The number of anilines is 1. The number of pyridine rings is 1. The third-order valence-corrected chi connectivity index (χ3v) is 4.36. The second kappa shape index (κ2) is 7.98. The van der Waals surface area contributed by atoms with E-state index < -0.39 is 0 Å². The third kappa shape index (κ3) is 4.01. The van der Waals surface area contributed by atoms with E-state index in [4.69, 9.17) is 9.15 Å². The highest BCUT2D eigenvalue weighted by Gasteiger charge is 2.10. The summed E-state index contributed by atoms with van der Waals surface area (Å²) in [6.45, 7) is 2.50. The van der Waals surface area contributed by atoms with Crippen molar-refractivity contribution >= 4 is 22.6 Å². The second-order valence-electron chi connectivity index (χ2n) is 6.34. The van der Waals surface area contributed by atoms with Crippen molar-refractivity contribution in [2.75, 3.05) is 11.9 Å². The Morgan fingerprint density at radius 2 is 1.93 bits per heavy atom. The number of benzene rings is 2. The van der Waals surface area contributed by atoms with E-state index in [0.29, 0.717) is 34.6 Å². The predicted octanol–water partition coefficient (Wildman–Crippen LogP) is 4.51. The number of carbonyl (C=O) groups excluding carboxylic acids is 1. The van der Waals surface area contributed by atoms with Gasteiger partial charge in [0.2, 0.25) is 0 Å². The van der Waals surface area contributed by atoms with Gasteiger partial charge in [-0.25, -0.2) is 0 Å². The standard InChI is InChI=1S/C23H18N2O4/c1-2-28-18-8-5-15(6-9-18)21-13-20(26)19-10-7-17(12-22(19)29-21)25-23(27)16-4-3-11-24-14-16/h3-14H,2H2,1H3,(H,25,27). The number of fused-ring (bicyclic) bond motifs is 1. The van der Waals surface area contributed by atoms with E-state index in [0.717, 1.165) is 11.3 Å². The maximum absolute atomic E-state index is 12.5.